The number of aromatic amines is 1. The van der Waals surface area contributed by atoms with Gasteiger partial charge in [0.1, 0.15) is 5.82 Å². The number of piperidine rings is 1. The van der Waals surface area contributed by atoms with Crippen molar-refractivity contribution in [2.24, 2.45) is 0 Å². The first-order valence-electron chi connectivity index (χ1n) is 10.3. The minimum Gasteiger partial charge on any atom is -0.490 e. The van der Waals surface area contributed by atoms with Crippen molar-refractivity contribution >= 4 is 32.9 Å². The molecule has 4 rings (SSSR count). The van der Waals surface area contributed by atoms with Crippen molar-refractivity contribution in [1.29, 1.82) is 5.26 Å². The summed E-state index contributed by atoms with van der Waals surface area (Å²) in [5.74, 6) is 1.89. The molecule has 1 aromatic heterocycles. The fourth-order valence-electron chi connectivity index (χ4n) is 3.85. The number of imidazole rings is 1. The van der Waals surface area contributed by atoms with Gasteiger partial charge in [0, 0.05) is 25.1 Å². The largest absolute Gasteiger partial charge is 0.490 e. The third-order valence-electron chi connectivity index (χ3n) is 5.35. The van der Waals surface area contributed by atoms with Crippen molar-refractivity contribution in [3.05, 3.63) is 52.3 Å². The second-order valence-corrected chi connectivity index (χ2v) is 8.29. The molecule has 0 bridgehead atoms. The summed E-state index contributed by atoms with van der Waals surface area (Å²) in [5.41, 5.74) is 2.41. The maximum Gasteiger partial charge on any atom is 0.260 e. The molecule has 0 radical (unpaired) electrons. The lowest BCUT2D eigenvalue weighted by atomic mass is 9.97. The van der Waals surface area contributed by atoms with Gasteiger partial charge in [0.2, 0.25) is 0 Å². The van der Waals surface area contributed by atoms with Crippen LogP contribution in [0, 0.1) is 11.3 Å². The first kappa shape index (κ1) is 21.2. The molecule has 8 heteroatoms. The van der Waals surface area contributed by atoms with E-state index in [1.54, 1.807) is 12.1 Å². The summed E-state index contributed by atoms with van der Waals surface area (Å²) >= 11 is 3.42. The number of rotatable bonds is 6. The number of hydrogen-bond donors (Lipinski definition) is 1. The van der Waals surface area contributed by atoms with Crippen molar-refractivity contribution in [2.45, 2.75) is 25.7 Å². The summed E-state index contributed by atoms with van der Waals surface area (Å²) in [6.45, 7) is 3.49. The number of carbonyl (C=O) groups is 1. The number of halogens is 1. The van der Waals surface area contributed by atoms with Gasteiger partial charge in [-0.15, -0.1) is 0 Å². The van der Waals surface area contributed by atoms with E-state index in [9.17, 15) is 4.79 Å². The molecule has 7 nitrogen and oxygen atoms in total. The average Bonchev–Trinajstić information content (AvgIpc) is 3.23. The number of nitriles is 1. The van der Waals surface area contributed by atoms with E-state index in [0.29, 0.717) is 41.2 Å². The van der Waals surface area contributed by atoms with Gasteiger partial charge in [-0.05, 0) is 53.9 Å². The minimum absolute atomic E-state index is 0.0838. The van der Waals surface area contributed by atoms with Crippen LogP contribution in [0.4, 0.5) is 0 Å². The smallest absolute Gasteiger partial charge is 0.260 e. The highest BCUT2D eigenvalue weighted by molar-refractivity contribution is 9.10. The first-order chi connectivity index (χ1) is 15.1. The first-order valence-corrected chi connectivity index (χ1v) is 11.1. The number of carbonyl (C=O) groups excluding carboxylic acids is 1. The molecule has 0 saturated carbocycles. The summed E-state index contributed by atoms with van der Waals surface area (Å²) in [6.07, 6.45) is 1.90. The predicted molar refractivity (Wildman–Crippen MR) is 120 cm³/mol. The number of para-hydroxylation sites is 2. The summed E-state index contributed by atoms with van der Waals surface area (Å²) in [7, 11) is 0. The molecule has 0 aliphatic carbocycles. The van der Waals surface area contributed by atoms with E-state index < -0.39 is 0 Å². The number of hydrogen-bond acceptors (Lipinski definition) is 5. The standard InChI is InChI=1S/C23H23BrN4O3/c1-2-30-20-11-15(12-25)10-17(24)22(20)31-14-21(29)28-9-5-6-16(13-28)23-26-18-7-3-4-8-19(18)27-23/h3-4,7-8,10-11,16H,2,5-6,9,13-14H2,1H3,(H,26,27). The number of fused-ring (bicyclic) bond motifs is 1. The lowest BCUT2D eigenvalue weighted by Gasteiger charge is -2.31. The molecular formula is C23H23BrN4O3. The number of H-pyrrole nitrogens is 1. The highest BCUT2D eigenvalue weighted by Gasteiger charge is 2.27. The van der Waals surface area contributed by atoms with Gasteiger partial charge < -0.3 is 19.4 Å². The summed E-state index contributed by atoms with van der Waals surface area (Å²) in [5, 5.41) is 9.16. The van der Waals surface area contributed by atoms with Gasteiger partial charge in [-0.1, -0.05) is 12.1 Å². The molecule has 1 amide bonds. The molecule has 2 heterocycles. The molecular weight excluding hydrogens is 460 g/mol. The highest BCUT2D eigenvalue weighted by Crippen LogP contribution is 2.37. The number of amides is 1. The van der Waals surface area contributed by atoms with Crippen LogP contribution < -0.4 is 9.47 Å². The Labute approximate surface area is 189 Å². The third kappa shape index (κ3) is 4.67. The molecule has 3 aromatic rings. The van der Waals surface area contributed by atoms with Crippen LogP contribution in [0.3, 0.4) is 0 Å². The van der Waals surface area contributed by atoms with Crippen molar-refractivity contribution in [3.63, 3.8) is 0 Å². The van der Waals surface area contributed by atoms with Crippen LogP contribution in [0.15, 0.2) is 40.9 Å². The van der Waals surface area contributed by atoms with Crippen molar-refractivity contribution in [2.75, 3.05) is 26.3 Å². The van der Waals surface area contributed by atoms with Gasteiger partial charge in [0.05, 0.1) is 33.7 Å². The topological polar surface area (TPSA) is 91.2 Å². The van der Waals surface area contributed by atoms with E-state index in [1.165, 1.54) is 0 Å². The summed E-state index contributed by atoms with van der Waals surface area (Å²) in [4.78, 5) is 22.8. The molecule has 31 heavy (non-hydrogen) atoms. The van der Waals surface area contributed by atoms with E-state index in [2.05, 4.69) is 27.0 Å². The van der Waals surface area contributed by atoms with Gasteiger partial charge in [-0.2, -0.15) is 5.26 Å². The maximum absolute atomic E-state index is 12.9. The monoisotopic (exact) mass is 482 g/mol. The Kier molecular flexibility index (Phi) is 6.42. The van der Waals surface area contributed by atoms with Crippen LogP contribution in [0.5, 0.6) is 11.5 Å². The molecule has 1 atom stereocenters. The van der Waals surface area contributed by atoms with Gasteiger partial charge in [0.25, 0.3) is 5.91 Å². The number of aromatic nitrogens is 2. The second kappa shape index (κ2) is 9.40. The molecule has 1 aliphatic rings. The van der Waals surface area contributed by atoms with Crippen LogP contribution in [0.2, 0.25) is 0 Å². The van der Waals surface area contributed by atoms with Crippen LogP contribution in [-0.4, -0.2) is 47.1 Å². The van der Waals surface area contributed by atoms with E-state index in [1.807, 2.05) is 36.1 Å². The Morgan fingerprint density at radius 2 is 2.19 bits per heavy atom. The third-order valence-corrected chi connectivity index (χ3v) is 5.94. The Bertz CT molecular complexity index is 1100. The van der Waals surface area contributed by atoms with Crippen molar-refractivity contribution in [3.8, 4) is 17.6 Å². The van der Waals surface area contributed by atoms with Crippen LogP contribution in [0.25, 0.3) is 11.0 Å². The van der Waals surface area contributed by atoms with Crippen LogP contribution >= 0.6 is 15.9 Å². The Balaban J connectivity index is 1.44. The number of ether oxygens (including phenoxy) is 2. The molecule has 160 valence electrons. The fraction of sp³-hybridized carbons (Fsp3) is 0.348. The molecule has 0 spiro atoms. The number of benzene rings is 2. The number of nitrogens with one attached hydrogen (secondary N) is 1. The molecule has 1 fully saturated rings. The van der Waals surface area contributed by atoms with E-state index in [0.717, 1.165) is 29.7 Å². The summed E-state index contributed by atoms with van der Waals surface area (Å²) < 4.78 is 12.0. The zero-order chi connectivity index (χ0) is 21.8. The molecule has 2 aromatic carbocycles. The van der Waals surface area contributed by atoms with Gasteiger partial charge in [-0.25, -0.2) is 4.98 Å². The second-order valence-electron chi connectivity index (χ2n) is 7.44. The Hall–Kier alpha value is -3.05. The average molecular weight is 483 g/mol. The Morgan fingerprint density at radius 3 is 2.97 bits per heavy atom. The highest BCUT2D eigenvalue weighted by atomic mass is 79.9. The quantitative estimate of drug-likeness (QED) is 0.562. The fourth-order valence-corrected chi connectivity index (χ4v) is 4.41. The van der Waals surface area contributed by atoms with Crippen LogP contribution in [0.1, 0.15) is 37.1 Å². The lowest BCUT2D eigenvalue weighted by molar-refractivity contribution is -0.134. The molecule has 1 aliphatic heterocycles. The van der Waals surface area contributed by atoms with E-state index in [4.69, 9.17) is 19.7 Å². The van der Waals surface area contributed by atoms with Crippen molar-refractivity contribution < 1.29 is 14.3 Å². The maximum atomic E-state index is 12.9. The van der Waals surface area contributed by atoms with Crippen LogP contribution in [-0.2, 0) is 4.79 Å². The van der Waals surface area contributed by atoms with E-state index >= 15 is 0 Å². The lowest BCUT2D eigenvalue weighted by Crippen LogP contribution is -2.41. The minimum atomic E-state index is -0.0998. The normalized spacial score (nSPS) is 16.2. The zero-order valence-corrected chi connectivity index (χ0v) is 18.8. The van der Waals surface area contributed by atoms with Gasteiger partial charge in [-0.3, -0.25) is 4.79 Å². The number of nitrogens with zero attached hydrogens (tertiary/aromatic N) is 3. The molecule has 1 saturated heterocycles. The van der Waals surface area contributed by atoms with Crippen molar-refractivity contribution in [1.82, 2.24) is 14.9 Å². The predicted octanol–water partition coefficient (Wildman–Crippen LogP) is 4.38. The Morgan fingerprint density at radius 1 is 1.35 bits per heavy atom. The molecule has 1 unspecified atom stereocenters. The summed E-state index contributed by atoms with van der Waals surface area (Å²) in [6, 6.07) is 13.3. The van der Waals surface area contributed by atoms with E-state index in [-0.39, 0.29) is 18.4 Å². The van der Waals surface area contributed by atoms with Gasteiger partial charge >= 0.3 is 0 Å². The number of likely N-dealkylation sites (tertiary alicyclic amines) is 1. The SMILES string of the molecule is CCOc1cc(C#N)cc(Br)c1OCC(=O)N1CCCC(c2nc3ccccc3[nH]2)C1. The molecule has 1 N–H and O–H groups in total. The van der Waals surface area contributed by atoms with Gasteiger partial charge in [0.15, 0.2) is 18.1 Å². The zero-order valence-electron chi connectivity index (χ0n) is 17.2.